The number of rotatable bonds is 4. The fourth-order valence-electron chi connectivity index (χ4n) is 1.67. The summed E-state index contributed by atoms with van der Waals surface area (Å²) in [4.78, 5) is 23.9. The molecule has 1 rings (SSSR count). The number of nitrogens with one attached hydrogen (secondary N) is 1. The number of hydrogen-bond acceptors (Lipinski definition) is 3. The fraction of sp³-hybridized carbons (Fsp3) is 0.636. The molecule has 1 aliphatic rings. The summed E-state index contributed by atoms with van der Waals surface area (Å²) in [5, 5.41) is 2.64. The van der Waals surface area contributed by atoms with Crippen molar-refractivity contribution >= 4 is 12.0 Å². The van der Waals surface area contributed by atoms with E-state index < -0.39 is 0 Å². The molecule has 1 unspecified atom stereocenters. The van der Waals surface area contributed by atoms with Crippen LogP contribution in [0.1, 0.15) is 27.2 Å². The number of allylic oxidation sites excluding steroid dienone is 2. The normalized spacial score (nSPS) is 20.9. The highest BCUT2D eigenvalue weighted by Crippen LogP contribution is 2.18. The van der Waals surface area contributed by atoms with E-state index in [1.165, 1.54) is 6.92 Å². The van der Waals surface area contributed by atoms with Gasteiger partial charge in [-0.1, -0.05) is 13.0 Å². The minimum absolute atomic E-state index is 0.115. The molecule has 2 amide bonds. The average molecular weight is 226 g/mol. The van der Waals surface area contributed by atoms with E-state index in [1.54, 1.807) is 4.90 Å². The highest BCUT2D eigenvalue weighted by molar-refractivity contribution is 5.74. The van der Waals surface area contributed by atoms with Crippen LogP contribution < -0.4 is 5.32 Å². The van der Waals surface area contributed by atoms with Gasteiger partial charge in [0, 0.05) is 12.6 Å². The van der Waals surface area contributed by atoms with Crippen LogP contribution in [0, 0.1) is 0 Å². The topological polar surface area (TPSA) is 58.6 Å². The Kier molecular flexibility index (Phi) is 4.34. The number of amides is 2. The van der Waals surface area contributed by atoms with Crippen molar-refractivity contribution < 1.29 is 14.3 Å². The van der Waals surface area contributed by atoms with Gasteiger partial charge in [-0.15, -0.1) is 0 Å². The molecule has 90 valence electrons. The standard InChI is InChI=1S/C11H18N2O3/c1-4-9(5-2)13-7-10(16-11(13)15)6-12-8(3)14/h4,10H,5-7H2,1-3H3,(H,12,14). The molecule has 0 saturated carbocycles. The monoisotopic (exact) mass is 226 g/mol. The second-order valence-electron chi connectivity index (χ2n) is 3.69. The molecule has 16 heavy (non-hydrogen) atoms. The second-order valence-corrected chi connectivity index (χ2v) is 3.69. The molecular formula is C11H18N2O3. The predicted molar refractivity (Wildman–Crippen MR) is 59.7 cm³/mol. The lowest BCUT2D eigenvalue weighted by molar-refractivity contribution is -0.119. The zero-order valence-corrected chi connectivity index (χ0v) is 9.95. The number of ether oxygens (including phenoxy) is 1. The van der Waals surface area contributed by atoms with Crippen LogP contribution in [-0.2, 0) is 9.53 Å². The van der Waals surface area contributed by atoms with Crippen LogP contribution in [0.4, 0.5) is 4.79 Å². The molecule has 0 aromatic heterocycles. The molecule has 0 aromatic carbocycles. The van der Waals surface area contributed by atoms with Crippen molar-refractivity contribution in [3.63, 3.8) is 0 Å². The van der Waals surface area contributed by atoms with Crippen molar-refractivity contribution in [2.24, 2.45) is 0 Å². The van der Waals surface area contributed by atoms with Crippen LogP contribution in [0.25, 0.3) is 0 Å². The van der Waals surface area contributed by atoms with E-state index in [1.807, 2.05) is 19.9 Å². The summed E-state index contributed by atoms with van der Waals surface area (Å²) in [7, 11) is 0. The van der Waals surface area contributed by atoms with Crippen LogP contribution in [-0.4, -0.2) is 36.1 Å². The number of carbonyl (C=O) groups excluding carboxylic acids is 2. The van der Waals surface area contributed by atoms with E-state index in [0.29, 0.717) is 13.1 Å². The molecule has 0 aromatic rings. The lowest BCUT2D eigenvalue weighted by Gasteiger charge is -2.15. The van der Waals surface area contributed by atoms with Gasteiger partial charge < -0.3 is 10.1 Å². The van der Waals surface area contributed by atoms with Gasteiger partial charge in [0.05, 0.1) is 13.1 Å². The smallest absolute Gasteiger partial charge is 0.414 e. The lowest BCUT2D eigenvalue weighted by atomic mass is 10.2. The van der Waals surface area contributed by atoms with Crippen LogP contribution in [0.15, 0.2) is 11.8 Å². The number of nitrogens with zero attached hydrogens (tertiary/aromatic N) is 1. The Morgan fingerprint density at radius 3 is 2.88 bits per heavy atom. The largest absolute Gasteiger partial charge is 0.442 e. The highest BCUT2D eigenvalue weighted by atomic mass is 16.6. The second kappa shape index (κ2) is 5.53. The Labute approximate surface area is 95.4 Å². The Hall–Kier alpha value is -1.52. The van der Waals surface area contributed by atoms with Crippen molar-refractivity contribution in [2.45, 2.75) is 33.3 Å². The minimum Gasteiger partial charge on any atom is -0.442 e. The Morgan fingerprint density at radius 2 is 2.38 bits per heavy atom. The summed E-state index contributed by atoms with van der Waals surface area (Å²) in [5.41, 5.74) is 0.954. The summed E-state index contributed by atoms with van der Waals surface area (Å²) in [5.74, 6) is -0.115. The van der Waals surface area contributed by atoms with Crippen LogP contribution in [0.2, 0.25) is 0 Å². The van der Waals surface area contributed by atoms with Gasteiger partial charge in [0.2, 0.25) is 5.91 Å². The lowest BCUT2D eigenvalue weighted by Crippen LogP contribution is -2.33. The van der Waals surface area contributed by atoms with Crippen molar-refractivity contribution in [3.05, 3.63) is 11.8 Å². The van der Waals surface area contributed by atoms with Crippen LogP contribution in [0.5, 0.6) is 0 Å². The molecule has 0 spiro atoms. The van der Waals surface area contributed by atoms with E-state index in [-0.39, 0.29) is 18.1 Å². The average Bonchev–Trinajstić information content (AvgIpc) is 2.59. The molecule has 5 heteroatoms. The molecule has 0 radical (unpaired) electrons. The third-order valence-electron chi connectivity index (χ3n) is 2.49. The molecule has 1 heterocycles. The first-order chi connectivity index (χ1) is 7.58. The maximum absolute atomic E-state index is 11.5. The number of carbonyl (C=O) groups is 2. The summed E-state index contributed by atoms with van der Waals surface area (Å²) < 4.78 is 5.14. The third-order valence-corrected chi connectivity index (χ3v) is 2.49. The molecular weight excluding hydrogens is 208 g/mol. The highest BCUT2D eigenvalue weighted by Gasteiger charge is 2.32. The van der Waals surface area contributed by atoms with Gasteiger partial charge in [-0.2, -0.15) is 0 Å². The molecule has 5 nitrogen and oxygen atoms in total. The predicted octanol–water partition coefficient (Wildman–Crippen LogP) is 1.26. The quantitative estimate of drug-likeness (QED) is 0.785. The van der Waals surface area contributed by atoms with E-state index in [2.05, 4.69) is 5.32 Å². The zero-order chi connectivity index (χ0) is 12.1. The Bertz CT molecular complexity index is 312. The molecule has 1 fully saturated rings. The van der Waals surface area contributed by atoms with Gasteiger partial charge in [-0.3, -0.25) is 9.69 Å². The zero-order valence-electron chi connectivity index (χ0n) is 9.95. The van der Waals surface area contributed by atoms with Crippen LogP contribution >= 0.6 is 0 Å². The van der Waals surface area contributed by atoms with Gasteiger partial charge >= 0.3 is 6.09 Å². The third kappa shape index (κ3) is 2.98. The van der Waals surface area contributed by atoms with Gasteiger partial charge in [-0.05, 0) is 13.3 Å². The van der Waals surface area contributed by atoms with E-state index in [4.69, 9.17) is 4.74 Å². The summed E-state index contributed by atoms with van der Waals surface area (Å²) in [6.45, 7) is 6.21. The molecule has 0 bridgehead atoms. The van der Waals surface area contributed by atoms with Crippen molar-refractivity contribution in [2.75, 3.05) is 13.1 Å². The summed E-state index contributed by atoms with van der Waals surface area (Å²) in [6.07, 6.45) is 2.11. The number of hydrogen-bond donors (Lipinski definition) is 1. The Morgan fingerprint density at radius 1 is 1.69 bits per heavy atom. The minimum atomic E-state index is -0.328. The first-order valence-electron chi connectivity index (χ1n) is 5.46. The maximum atomic E-state index is 11.5. The van der Waals surface area contributed by atoms with Gasteiger partial charge in [0.25, 0.3) is 0 Å². The molecule has 0 aliphatic carbocycles. The maximum Gasteiger partial charge on any atom is 0.414 e. The SMILES string of the molecule is CC=C(CC)N1CC(CNC(C)=O)OC1=O. The van der Waals surface area contributed by atoms with Gasteiger partial charge in [0.1, 0.15) is 6.10 Å². The van der Waals surface area contributed by atoms with E-state index >= 15 is 0 Å². The molecule has 1 saturated heterocycles. The van der Waals surface area contributed by atoms with E-state index in [0.717, 1.165) is 12.1 Å². The number of cyclic esters (lactones) is 1. The first-order valence-corrected chi connectivity index (χ1v) is 5.46. The Balaban J connectivity index is 2.53. The fourth-order valence-corrected chi connectivity index (χ4v) is 1.67. The van der Waals surface area contributed by atoms with Crippen molar-refractivity contribution in [1.82, 2.24) is 10.2 Å². The molecule has 1 aliphatic heterocycles. The van der Waals surface area contributed by atoms with Crippen molar-refractivity contribution in [1.29, 1.82) is 0 Å². The molecule has 1 atom stereocenters. The van der Waals surface area contributed by atoms with Gasteiger partial charge in [-0.25, -0.2) is 4.79 Å². The molecule has 1 N–H and O–H groups in total. The van der Waals surface area contributed by atoms with Crippen molar-refractivity contribution in [3.8, 4) is 0 Å². The van der Waals surface area contributed by atoms with E-state index in [9.17, 15) is 9.59 Å². The van der Waals surface area contributed by atoms with Crippen LogP contribution in [0.3, 0.4) is 0 Å². The summed E-state index contributed by atoms with van der Waals surface area (Å²) in [6, 6.07) is 0. The first kappa shape index (κ1) is 12.5. The van der Waals surface area contributed by atoms with Gasteiger partial charge in [0.15, 0.2) is 0 Å². The summed E-state index contributed by atoms with van der Waals surface area (Å²) >= 11 is 0.